The van der Waals surface area contributed by atoms with E-state index >= 15 is 0 Å². The lowest BCUT2D eigenvalue weighted by Crippen LogP contribution is -2.67. The van der Waals surface area contributed by atoms with E-state index in [1.54, 1.807) is 0 Å². The van der Waals surface area contributed by atoms with Gasteiger partial charge in [0.25, 0.3) is 0 Å². The topological polar surface area (TPSA) is 66.8 Å². The summed E-state index contributed by atoms with van der Waals surface area (Å²) in [5.74, 6) is -0.431. The molecule has 106 valence electrons. The first-order valence-electron chi connectivity index (χ1n) is 6.94. The molecule has 4 saturated carbocycles. The monoisotopic (exact) mass is 266 g/mol. The zero-order valence-electron chi connectivity index (χ0n) is 11.4. The van der Waals surface area contributed by atoms with Crippen molar-refractivity contribution in [1.82, 2.24) is 0 Å². The first-order valence-corrected chi connectivity index (χ1v) is 6.94. The molecule has 2 atom stereocenters. The Balaban J connectivity index is 1.86. The number of hydrogen-bond donors (Lipinski definition) is 2. The summed E-state index contributed by atoms with van der Waals surface area (Å²) in [6, 6.07) is 0. The SMILES string of the molecule is C=CC(=O)OCC12CC3(C)CC(O)(CC(O)(C3)C1)C2. The molecule has 4 nitrogen and oxygen atoms in total. The Morgan fingerprint density at radius 2 is 1.74 bits per heavy atom. The van der Waals surface area contributed by atoms with Gasteiger partial charge in [-0.15, -0.1) is 0 Å². The lowest BCUT2D eigenvalue weighted by molar-refractivity contribution is -0.263. The van der Waals surface area contributed by atoms with Gasteiger partial charge in [-0.25, -0.2) is 4.79 Å². The van der Waals surface area contributed by atoms with Gasteiger partial charge >= 0.3 is 5.97 Å². The maximum atomic E-state index is 11.3. The van der Waals surface area contributed by atoms with Crippen molar-refractivity contribution >= 4 is 5.97 Å². The molecule has 0 aliphatic heterocycles. The van der Waals surface area contributed by atoms with Crippen LogP contribution in [0, 0.1) is 10.8 Å². The van der Waals surface area contributed by atoms with Crippen molar-refractivity contribution in [1.29, 1.82) is 0 Å². The summed E-state index contributed by atoms with van der Waals surface area (Å²) >= 11 is 0. The second-order valence-electron chi connectivity index (χ2n) is 7.63. The Bertz CT molecular complexity index is 388. The standard InChI is InChI=1S/C15H22O4/c1-3-11(16)19-10-13-4-12(2)5-14(17,7-13)9-15(18,6-12)8-13/h3,17-18H,1,4-10H2,2H3. The molecular formula is C15H22O4. The maximum absolute atomic E-state index is 11.3. The normalized spacial score (nSPS) is 51.1. The molecule has 0 radical (unpaired) electrons. The first kappa shape index (κ1) is 13.1. The highest BCUT2D eigenvalue weighted by Gasteiger charge is 2.66. The van der Waals surface area contributed by atoms with Gasteiger partial charge in [0.05, 0.1) is 17.8 Å². The molecule has 0 spiro atoms. The van der Waals surface area contributed by atoms with Crippen molar-refractivity contribution in [2.24, 2.45) is 10.8 Å². The quantitative estimate of drug-likeness (QED) is 0.601. The van der Waals surface area contributed by atoms with E-state index in [-0.39, 0.29) is 17.4 Å². The molecule has 4 heteroatoms. The summed E-state index contributed by atoms with van der Waals surface area (Å²) in [6.45, 7) is 5.80. The minimum atomic E-state index is -0.793. The zero-order chi connectivity index (χ0) is 13.9. The second-order valence-corrected chi connectivity index (χ2v) is 7.63. The summed E-state index contributed by atoms with van der Waals surface area (Å²) in [5.41, 5.74) is -1.90. The Morgan fingerprint density at radius 1 is 1.16 bits per heavy atom. The second kappa shape index (κ2) is 3.61. The van der Waals surface area contributed by atoms with Gasteiger partial charge in [0, 0.05) is 17.9 Å². The van der Waals surface area contributed by atoms with E-state index in [1.807, 2.05) is 0 Å². The van der Waals surface area contributed by atoms with Crippen LogP contribution in [0.2, 0.25) is 0 Å². The van der Waals surface area contributed by atoms with Crippen molar-refractivity contribution < 1.29 is 19.7 Å². The van der Waals surface area contributed by atoms with E-state index in [0.29, 0.717) is 19.3 Å². The van der Waals surface area contributed by atoms with Gasteiger partial charge in [-0.3, -0.25) is 0 Å². The van der Waals surface area contributed by atoms with E-state index in [1.165, 1.54) is 0 Å². The van der Waals surface area contributed by atoms with Gasteiger partial charge in [0.15, 0.2) is 0 Å². The third kappa shape index (κ3) is 2.11. The fourth-order valence-electron chi connectivity index (χ4n) is 5.69. The number of aliphatic hydroxyl groups is 2. The summed E-state index contributed by atoms with van der Waals surface area (Å²) in [5, 5.41) is 21.4. The summed E-state index contributed by atoms with van der Waals surface area (Å²) < 4.78 is 5.23. The Hall–Kier alpha value is -0.870. The summed E-state index contributed by atoms with van der Waals surface area (Å²) in [6.07, 6.45) is 5.29. The molecule has 0 aromatic carbocycles. The third-order valence-electron chi connectivity index (χ3n) is 5.07. The van der Waals surface area contributed by atoms with Crippen LogP contribution in [0.4, 0.5) is 0 Å². The van der Waals surface area contributed by atoms with Gasteiger partial charge < -0.3 is 14.9 Å². The molecule has 4 aliphatic rings. The minimum Gasteiger partial charge on any atom is -0.462 e. The number of ether oxygens (including phenoxy) is 1. The highest BCUT2D eigenvalue weighted by Crippen LogP contribution is 2.67. The molecule has 2 unspecified atom stereocenters. The van der Waals surface area contributed by atoms with Gasteiger partial charge in [-0.2, -0.15) is 0 Å². The van der Waals surface area contributed by atoms with Gasteiger partial charge in [-0.05, 0) is 37.5 Å². The molecule has 0 heterocycles. The van der Waals surface area contributed by atoms with Crippen LogP contribution < -0.4 is 0 Å². The van der Waals surface area contributed by atoms with Gasteiger partial charge in [-0.1, -0.05) is 13.5 Å². The van der Waals surface area contributed by atoms with Crippen LogP contribution in [0.5, 0.6) is 0 Å². The molecule has 4 aliphatic carbocycles. The molecule has 4 bridgehead atoms. The molecule has 0 saturated heterocycles. The third-order valence-corrected chi connectivity index (χ3v) is 5.07. The molecule has 19 heavy (non-hydrogen) atoms. The van der Waals surface area contributed by atoms with Crippen molar-refractivity contribution in [2.75, 3.05) is 6.61 Å². The number of rotatable bonds is 3. The zero-order valence-corrected chi connectivity index (χ0v) is 11.4. The van der Waals surface area contributed by atoms with Crippen LogP contribution in [0.1, 0.15) is 45.4 Å². The smallest absolute Gasteiger partial charge is 0.330 e. The van der Waals surface area contributed by atoms with Gasteiger partial charge in [0.1, 0.15) is 0 Å². The Morgan fingerprint density at radius 3 is 2.21 bits per heavy atom. The van der Waals surface area contributed by atoms with Crippen molar-refractivity contribution in [3.05, 3.63) is 12.7 Å². The average Bonchev–Trinajstić information content (AvgIpc) is 2.19. The number of carbonyl (C=O) groups excluding carboxylic acids is 1. The van der Waals surface area contributed by atoms with Crippen molar-refractivity contribution in [3.63, 3.8) is 0 Å². The maximum Gasteiger partial charge on any atom is 0.330 e. The molecular weight excluding hydrogens is 244 g/mol. The van der Waals surface area contributed by atoms with Gasteiger partial charge in [0.2, 0.25) is 0 Å². The fourth-order valence-corrected chi connectivity index (χ4v) is 5.69. The number of esters is 1. The first-order chi connectivity index (χ1) is 8.70. The molecule has 4 rings (SSSR count). The van der Waals surface area contributed by atoms with Crippen LogP contribution >= 0.6 is 0 Å². The highest BCUT2D eigenvalue weighted by molar-refractivity contribution is 5.81. The number of hydrogen-bond acceptors (Lipinski definition) is 4. The van der Waals surface area contributed by atoms with E-state index in [0.717, 1.165) is 25.3 Å². The lowest BCUT2D eigenvalue weighted by Gasteiger charge is -2.66. The Kier molecular flexibility index (Phi) is 2.50. The van der Waals surface area contributed by atoms with Crippen LogP contribution in [0.15, 0.2) is 12.7 Å². The Labute approximate surface area is 113 Å². The van der Waals surface area contributed by atoms with Crippen LogP contribution in [-0.2, 0) is 9.53 Å². The van der Waals surface area contributed by atoms with E-state index in [2.05, 4.69) is 13.5 Å². The van der Waals surface area contributed by atoms with Crippen LogP contribution in [0.3, 0.4) is 0 Å². The van der Waals surface area contributed by atoms with E-state index in [9.17, 15) is 15.0 Å². The van der Waals surface area contributed by atoms with E-state index < -0.39 is 17.2 Å². The fraction of sp³-hybridized carbons (Fsp3) is 0.800. The number of carbonyl (C=O) groups is 1. The molecule has 0 aromatic heterocycles. The summed E-state index contributed by atoms with van der Waals surface area (Å²) in [7, 11) is 0. The lowest BCUT2D eigenvalue weighted by atomic mass is 9.42. The van der Waals surface area contributed by atoms with Crippen LogP contribution in [0.25, 0.3) is 0 Å². The molecule has 0 aromatic rings. The highest BCUT2D eigenvalue weighted by atomic mass is 16.5. The van der Waals surface area contributed by atoms with E-state index in [4.69, 9.17) is 4.74 Å². The molecule has 2 N–H and O–H groups in total. The average molecular weight is 266 g/mol. The van der Waals surface area contributed by atoms with Crippen molar-refractivity contribution in [2.45, 2.75) is 56.7 Å². The van der Waals surface area contributed by atoms with Crippen LogP contribution in [-0.4, -0.2) is 34.0 Å². The van der Waals surface area contributed by atoms with Crippen molar-refractivity contribution in [3.8, 4) is 0 Å². The molecule has 4 fully saturated rings. The predicted molar refractivity (Wildman–Crippen MR) is 69.3 cm³/mol. The largest absolute Gasteiger partial charge is 0.462 e. The predicted octanol–water partition coefficient (Wildman–Crippen LogP) is 1.55. The summed E-state index contributed by atoms with van der Waals surface area (Å²) in [4.78, 5) is 11.3. The minimum absolute atomic E-state index is 0.0428. The molecule has 0 amide bonds.